The van der Waals surface area contributed by atoms with Crippen LogP contribution in [0.3, 0.4) is 0 Å². The maximum atomic E-state index is 13.4. The zero-order chi connectivity index (χ0) is 22.1. The highest BCUT2D eigenvalue weighted by atomic mass is 32.2. The van der Waals surface area contributed by atoms with Gasteiger partial charge in [0.2, 0.25) is 11.8 Å². The van der Waals surface area contributed by atoms with Gasteiger partial charge in [0.05, 0.1) is 5.75 Å². The topological polar surface area (TPSA) is 49.4 Å². The molecular formula is C25H31FN2O2S. The van der Waals surface area contributed by atoms with Gasteiger partial charge in [-0.3, -0.25) is 9.59 Å². The summed E-state index contributed by atoms with van der Waals surface area (Å²) < 4.78 is 13.4. The third kappa shape index (κ3) is 7.10. The minimum atomic E-state index is -0.546. The summed E-state index contributed by atoms with van der Waals surface area (Å²) >= 11 is 1.46. The van der Waals surface area contributed by atoms with Crippen molar-refractivity contribution < 1.29 is 14.0 Å². The first-order valence-electron chi connectivity index (χ1n) is 11.1. The molecule has 0 saturated heterocycles. The van der Waals surface area contributed by atoms with Crippen LogP contribution in [0.5, 0.6) is 0 Å². The smallest absolute Gasteiger partial charge is 0.243 e. The first kappa shape index (κ1) is 23.3. The van der Waals surface area contributed by atoms with Gasteiger partial charge in [0.1, 0.15) is 11.9 Å². The molecule has 1 fully saturated rings. The van der Waals surface area contributed by atoms with Crippen molar-refractivity contribution in [3.63, 3.8) is 0 Å². The van der Waals surface area contributed by atoms with Crippen LogP contribution in [0.2, 0.25) is 0 Å². The van der Waals surface area contributed by atoms with Gasteiger partial charge in [0.15, 0.2) is 0 Å². The van der Waals surface area contributed by atoms with Gasteiger partial charge in [-0.15, -0.1) is 11.8 Å². The van der Waals surface area contributed by atoms with E-state index < -0.39 is 6.04 Å². The Hall–Kier alpha value is -2.34. The van der Waals surface area contributed by atoms with E-state index in [0.29, 0.717) is 6.42 Å². The van der Waals surface area contributed by atoms with Crippen LogP contribution in [0.15, 0.2) is 59.5 Å². The fourth-order valence-electron chi connectivity index (χ4n) is 4.00. The summed E-state index contributed by atoms with van der Waals surface area (Å²) in [5.74, 6) is -0.250. The van der Waals surface area contributed by atoms with E-state index in [1.807, 2.05) is 37.3 Å². The summed E-state index contributed by atoms with van der Waals surface area (Å²) in [7, 11) is 0. The normalized spacial score (nSPS) is 15.3. The lowest BCUT2D eigenvalue weighted by Gasteiger charge is -2.32. The predicted octanol–water partition coefficient (Wildman–Crippen LogP) is 5.17. The van der Waals surface area contributed by atoms with Crippen LogP contribution < -0.4 is 5.32 Å². The highest BCUT2D eigenvalue weighted by molar-refractivity contribution is 8.00. The lowest BCUT2D eigenvalue weighted by Crippen LogP contribution is -2.52. The summed E-state index contributed by atoms with van der Waals surface area (Å²) in [5.41, 5.74) is 0.809. The van der Waals surface area contributed by atoms with Crippen LogP contribution in [0.1, 0.15) is 51.0 Å². The molecule has 0 spiro atoms. The Bertz CT molecular complexity index is 838. The molecule has 1 N–H and O–H groups in total. The van der Waals surface area contributed by atoms with Crippen molar-refractivity contribution in [3.8, 4) is 0 Å². The van der Waals surface area contributed by atoms with Crippen molar-refractivity contribution in [1.29, 1.82) is 0 Å². The molecule has 4 nitrogen and oxygen atoms in total. The Labute approximate surface area is 188 Å². The Morgan fingerprint density at radius 1 is 1.06 bits per heavy atom. The van der Waals surface area contributed by atoms with Crippen LogP contribution >= 0.6 is 11.8 Å². The lowest BCUT2D eigenvalue weighted by atomic mass is 9.95. The van der Waals surface area contributed by atoms with Gasteiger partial charge in [-0.05, 0) is 49.1 Å². The second kappa shape index (κ2) is 11.9. The molecule has 31 heavy (non-hydrogen) atoms. The Kier molecular flexibility index (Phi) is 8.95. The van der Waals surface area contributed by atoms with E-state index in [1.54, 1.807) is 17.0 Å². The third-order valence-corrected chi connectivity index (χ3v) is 6.71. The number of nitrogens with one attached hydrogen (secondary N) is 1. The molecule has 6 heteroatoms. The standard InChI is InChI=1S/C25H31FN2O2S/c1-2-23(25(30)27-21-9-5-3-6-10-21)28(17-19-13-15-20(26)16-14-19)24(29)18-31-22-11-7-4-8-12-22/h4,7-8,11-16,21,23H,2-3,5-6,9-10,17-18H2,1H3,(H,27,30). The summed E-state index contributed by atoms with van der Waals surface area (Å²) in [6.07, 6.45) is 6.01. The molecular weight excluding hydrogens is 411 g/mol. The van der Waals surface area contributed by atoms with Crippen LogP contribution in [-0.2, 0) is 16.1 Å². The van der Waals surface area contributed by atoms with Crippen molar-refractivity contribution in [2.45, 2.75) is 69.0 Å². The molecule has 1 aliphatic rings. The lowest BCUT2D eigenvalue weighted by molar-refractivity contribution is -0.139. The highest BCUT2D eigenvalue weighted by Gasteiger charge is 2.30. The predicted molar refractivity (Wildman–Crippen MR) is 123 cm³/mol. The Balaban J connectivity index is 1.73. The van der Waals surface area contributed by atoms with E-state index in [9.17, 15) is 14.0 Å². The Morgan fingerprint density at radius 3 is 2.39 bits per heavy atom. The zero-order valence-electron chi connectivity index (χ0n) is 18.1. The van der Waals surface area contributed by atoms with Crippen molar-refractivity contribution in [3.05, 3.63) is 66.0 Å². The van der Waals surface area contributed by atoms with Gasteiger partial charge < -0.3 is 10.2 Å². The SMILES string of the molecule is CCC(C(=O)NC1CCCCC1)N(Cc1ccc(F)cc1)C(=O)CSc1ccccc1. The molecule has 0 radical (unpaired) electrons. The number of thioether (sulfide) groups is 1. The molecule has 166 valence electrons. The van der Waals surface area contributed by atoms with Crippen LogP contribution in [0, 0.1) is 5.82 Å². The summed E-state index contributed by atoms with van der Waals surface area (Å²) in [5, 5.41) is 3.17. The van der Waals surface area contributed by atoms with Crippen LogP contribution in [-0.4, -0.2) is 34.6 Å². The number of halogens is 1. The van der Waals surface area contributed by atoms with E-state index in [1.165, 1.54) is 30.3 Å². The van der Waals surface area contributed by atoms with Crippen LogP contribution in [0.4, 0.5) is 4.39 Å². The molecule has 0 aromatic heterocycles. The number of hydrogen-bond acceptors (Lipinski definition) is 3. The molecule has 2 aromatic rings. The number of carbonyl (C=O) groups excluding carboxylic acids is 2. The fraction of sp³-hybridized carbons (Fsp3) is 0.440. The molecule has 0 bridgehead atoms. The van der Waals surface area contributed by atoms with Gasteiger partial charge in [-0.1, -0.05) is 56.5 Å². The van der Waals surface area contributed by atoms with Gasteiger partial charge in [-0.2, -0.15) is 0 Å². The number of carbonyl (C=O) groups is 2. The average Bonchev–Trinajstić information content (AvgIpc) is 2.80. The van der Waals surface area contributed by atoms with E-state index in [2.05, 4.69) is 5.32 Å². The average molecular weight is 443 g/mol. The quantitative estimate of drug-likeness (QED) is 0.545. The zero-order valence-corrected chi connectivity index (χ0v) is 18.9. The van der Waals surface area contributed by atoms with Gasteiger partial charge >= 0.3 is 0 Å². The molecule has 2 amide bonds. The number of nitrogens with zero attached hydrogens (tertiary/aromatic N) is 1. The van der Waals surface area contributed by atoms with Crippen molar-refractivity contribution in [1.82, 2.24) is 10.2 Å². The van der Waals surface area contributed by atoms with Crippen LogP contribution in [0.25, 0.3) is 0 Å². The molecule has 3 rings (SSSR count). The minimum absolute atomic E-state index is 0.0884. The van der Waals surface area contributed by atoms with Gasteiger partial charge in [-0.25, -0.2) is 4.39 Å². The van der Waals surface area contributed by atoms with Crippen molar-refractivity contribution >= 4 is 23.6 Å². The maximum absolute atomic E-state index is 13.4. The molecule has 1 unspecified atom stereocenters. The highest BCUT2D eigenvalue weighted by Crippen LogP contribution is 2.22. The van der Waals surface area contributed by atoms with E-state index in [0.717, 1.165) is 36.1 Å². The molecule has 0 heterocycles. The van der Waals surface area contributed by atoms with E-state index in [-0.39, 0.29) is 36.0 Å². The van der Waals surface area contributed by atoms with Crippen molar-refractivity contribution in [2.24, 2.45) is 0 Å². The summed E-state index contributed by atoms with van der Waals surface area (Å²) in [6.45, 7) is 2.21. The minimum Gasteiger partial charge on any atom is -0.352 e. The summed E-state index contributed by atoms with van der Waals surface area (Å²) in [4.78, 5) is 29.0. The summed E-state index contributed by atoms with van der Waals surface area (Å²) in [6, 6.07) is 15.5. The number of benzene rings is 2. The monoisotopic (exact) mass is 442 g/mol. The first-order valence-corrected chi connectivity index (χ1v) is 12.1. The van der Waals surface area contributed by atoms with Gasteiger partial charge in [0, 0.05) is 17.5 Å². The third-order valence-electron chi connectivity index (χ3n) is 5.71. The van der Waals surface area contributed by atoms with E-state index >= 15 is 0 Å². The maximum Gasteiger partial charge on any atom is 0.243 e. The largest absolute Gasteiger partial charge is 0.352 e. The molecule has 1 aliphatic carbocycles. The van der Waals surface area contributed by atoms with Crippen molar-refractivity contribution in [2.75, 3.05) is 5.75 Å². The Morgan fingerprint density at radius 2 is 1.74 bits per heavy atom. The molecule has 0 aliphatic heterocycles. The molecule has 2 aromatic carbocycles. The number of amides is 2. The second-order valence-electron chi connectivity index (χ2n) is 8.02. The first-order chi connectivity index (χ1) is 15.1. The fourth-order valence-corrected chi connectivity index (χ4v) is 4.80. The second-order valence-corrected chi connectivity index (χ2v) is 9.07. The number of hydrogen-bond donors (Lipinski definition) is 1. The molecule has 1 saturated carbocycles. The van der Waals surface area contributed by atoms with Gasteiger partial charge in [0.25, 0.3) is 0 Å². The number of rotatable bonds is 9. The molecule has 1 atom stereocenters. The van der Waals surface area contributed by atoms with E-state index in [4.69, 9.17) is 0 Å².